The number of carbonyl (C=O) groups excluding carboxylic acids is 1. The summed E-state index contributed by atoms with van der Waals surface area (Å²) in [6.45, 7) is 6.32. The fourth-order valence-electron chi connectivity index (χ4n) is 1.65. The zero-order valence-electron chi connectivity index (χ0n) is 11.5. The Hall–Kier alpha value is -1.62. The Kier molecular flexibility index (Phi) is 5.76. The average molecular weight is 269 g/mol. The zero-order valence-corrected chi connectivity index (χ0v) is 11.5. The van der Waals surface area contributed by atoms with Crippen LogP contribution in [0.5, 0.6) is 5.75 Å². The van der Waals surface area contributed by atoms with Gasteiger partial charge in [-0.05, 0) is 32.5 Å². The highest BCUT2D eigenvalue weighted by Crippen LogP contribution is 2.15. The zero-order chi connectivity index (χ0) is 14.3. The monoisotopic (exact) mass is 269 g/mol. The van der Waals surface area contributed by atoms with Gasteiger partial charge in [0.15, 0.2) is 0 Å². The molecule has 0 fully saturated rings. The minimum Gasteiger partial charge on any atom is -0.491 e. The Morgan fingerprint density at radius 3 is 2.74 bits per heavy atom. The first-order valence-electron chi connectivity index (χ1n) is 6.32. The van der Waals surface area contributed by atoms with Crippen LogP contribution in [-0.2, 0) is 9.53 Å². The molecule has 106 valence electrons. The number of ether oxygens (including phenoxy) is 2. The van der Waals surface area contributed by atoms with Crippen LogP contribution in [0.1, 0.15) is 20.8 Å². The third-order valence-corrected chi connectivity index (χ3v) is 2.62. The second-order valence-corrected chi connectivity index (χ2v) is 4.33. The Balaban J connectivity index is 2.70. The van der Waals surface area contributed by atoms with Gasteiger partial charge < -0.3 is 9.47 Å². The number of rotatable bonds is 7. The molecule has 1 aromatic carbocycles. The van der Waals surface area contributed by atoms with Crippen LogP contribution in [0, 0.1) is 5.82 Å². The predicted octanol–water partition coefficient (Wildman–Crippen LogP) is 2.14. The molecule has 4 nitrogen and oxygen atoms in total. The maximum atomic E-state index is 13.0. The van der Waals surface area contributed by atoms with Crippen molar-refractivity contribution in [1.82, 2.24) is 5.32 Å². The first-order valence-corrected chi connectivity index (χ1v) is 6.32. The lowest BCUT2D eigenvalue weighted by atomic mass is 10.0. The van der Waals surface area contributed by atoms with Gasteiger partial charge in [0.05, 0.1) is 6.61 Å². The molecule has 1 unspecified atom stereocenters. The SMILES string of the molecule is CCNC(C)(COc1cccc(F)c1)C(=O)OCC. The van der Waals surface area contributed by atoms with Crippen molar-refractivity contribution >= 4 is 5.97 Å². The van der Waals surface area contributed by atoms with Crippen molar-refractivity contribution in [1.29, 1.82) is 0 Å². The molecule has 0 saturated heterocycles. The van der Waals surface area contributed by atoms with Crippen molar-refractivity contribution in [2.75, 3.05) is 19.8 Å². The Bertz CT molecular complexity index is 425. The Morgan fingerprint density at radius 2 is 2.16 bits per heavy atom. The minimum atomic E-state index is -0.947. The molecule has 1 atom stereocenters. The molecule has 0 aliphatic carbocycles. The van der Waals surface area contributed by atoms with E-state index in [2.05, 4.69) is 5.32 Å². The van der Waals surface area contributed by atoms with E-state index < -0.39 is 5.54 Å². The summed E-state index contributed by atoms with van der Waals surface area (Å²) in [6, 6.07) is 5.80. The van der Waals surface area contributed by atoms with Crippen LogP contribution in [0.4, 0.5) is 4.39 Å². The molecular formula is C14H20FNO3. The summed E-state index contributed by atoms with van der Waals surface area (Å²) >= 11 is 0. The summed E-state index contributed by atoms with van der Waals surface area (Å²) in [5.41, 5.74) is -0.947. The summed E-state index contributed by atoms with van der Waals surface area (Å²) < 4.78 is 23.5. The molecule has 0 radical (unpaired) electrons. The first-order chi connectivity index (χ1) is 9.01. The van der Waals surface area contributed by atoms with Crippen LogP contribution in [0.2, 0.25) is 0 Å². The molecule has 0 bridgehead atoms. The third kappa shape index (κ3) is 4.52. The van der Waals surface area contributed by atoms with E-state index in [1.165, 1.54) is 12.1 Å². The second-order valence-electron chi connectivity index (χ2n) is 4.33. The van der Waals surface area contributed by atoms with Crippen LogP contribution in [0.3, 0.4) is 0 Å². The van der Waals surface area contributed by atoms with Crippen molar-refractivity contribution in [3.63, 3.8) is 0 Å². The molecule has 5 heteroatoms. The largest absolute Gasteiger partial charge is 0.491 e. The quantitative estimate of drug-likeness (QED) is 0.770. The summed E-state index contributed by atoms with van der Waals surface area (Å²) in [5, 5.41) is 3.04. The number of carbonyl (C=O) groups is 1. The normalized spacial score (nSPS) is 13.7. The van der Waals surface area contributed by atoms with Gasteiger partial charge in [-0.2, -0.15) is 0 Å². The van der Waals surface area contributed by atoms with Gasteiger partial charge in [0.2, 0.25) is 0 Å². The van der Waals surface area contributed by atoms with E-state index in [0.717, 1.165) is 0 Å². The summed E-state index contributed by atoms with van der Waals surface area (Å²) in [5.74, 6) is -0.375. The van der Waals surface area contributed by atoms with E-state index >= 15 is 0 Å². The molecule has 1 aromatic rings. The molecule has 0 saturated carbocycles. The molecule has 19 heavy (non-hydrogen) atoms. The summed E-state index contributed by atoms with van der Waals surface area (Å²) in [7, 11) is 0. The third-order valence-electron chi connectivity index (χ3n) is 2.62. The Morgan fingerprint density at radius 1 is 1.42 bits per heavy atom. The number of esters is 1. The fourth-order valence-corrected chi connectivity index (χ4v) is 1.65. The fraction of sp³-hybridized carbons (Fsp3) is 0.500. The van der Waals surface area contributed by atoms with Crippen molar-refractivity contribution in [3.05, 3.63) is 30.1 Å². The molecule has 0 aromatic heterocycles. The molecule has 0 aliphatic rings. The maximum absolute atomic E-state index is 13.0. The van der Waals surface area contributed by atoms with Crippen LogP contribution in [0.15, 0.2) is 24.3 Å². The molecule has 0 aliphatic heterocycles. The maximum Gasteiger partial charge on any atom is 0.329 e. The van der Waals surface area contributed by atoms with Gasteiger partial charge in [-0.25, -0.2) is 9.18 Å². The molecule has 0 amide bonds. The van der Waals surface area contributed by atoms with E-state index in [4.69, 9.17) is 9.47 Å². The van der Waals surface area contributed by atoms with Crippen LogP contribution in [-0.4, -0.2) is 31.3 Å². The molecule has 1 rings (SSSR count). The van der Waals surface area contributed by atoms with Gasteiger partial charge in [-0.3, -0.25) is 5.32 Å². The van der Waals surface area contributed by atoms with Gasteiger partial charge >= 0.3 is 5.97 Å². The van der Waals surface area contributed by atoms with E-state index in [0.29, 0.717) is 18.9 Å². The number of hydrogen-bond acceptors (Lipinski definition) is 4. The smallest absolute Gasteiger partial charge is 0.329 e. The lowest BCUT2D eigenvalue weighted by Gasteiger charge is -2.27. The number of halogens is 1. The van der Waals surface area contributed by atoms with Crippen LogP contribution < -0.4 is 10.1 Å². The lowest BCUT2D eigenvalue weighted by Crippen LogP contribution is -2.54. The highest BCUT2D eigenvalue weighted by molar-refractivity contribution is 5.80. The van der Waals surface area contributed by atoms with Gasteiger partial charge in [0, 0.05) is 6.07 Å². The summed E-state index contributed by atoms with van der Waals surface area (Å²) in [6.07, 6.45) is 0. The van der Waals surface area contributed by atoms with E-state index in [1.54, 1.807) is 26.0 Å². The van der Waals surface area contributed by atoms with Crippen molar-refractivity contribution in [2.24, 2.45) is 0 Å². The lowest BCUT2D eigenvalue weighted by molar-refractivity contribution is -0.151. The number of hydrogen-bond donors (Lipinski definition) is 1. The van der Waals surface area contributed by atoms with Gasteiger partial charge in [-0.1, -0.05) is 13.0 Å². The number of benzene rings is 1. The minimum absolute atomic E-state index is 0.0725. The van der Waals surface area contributed by atoms with Crippen molar-refractivity contribution < 1.29 is 18.7 Å². The van der Waals surface area contributed by atoms with E-state index in [9.17, 15) is 9.18 Å². The van der Waals surface area contributed by atoms with E-state index in [-0.39, 0.29) is 18.4 Å². The van der Waals surface area contributed by atoms with Crippen molar-refractivity contribution in [2.45, 2.75) is 26.3 Å². The van der Waals surface area contributed by atoms with Crippen LogP contribution in [0.25, 0.3) is 0 Å². The number of nitrogens with one attached hydrogen (secondary N) is 1. The van der Waals surface area contributed by atoms with E-state index in [1.807, 2.05) is 6.92 Å². The van der Waals surface area contributed by atoms with Crippen molar-refractivity contribution in [3.8, 4) is 5.75 Å². The highest BCUT2D eigenvalue weighted by Gasteiger charge is 2.34. The van der Waals surface area contributed by atoms with Gasteiger partial charge in [-0.15, -0.1) is 0 Å². The Labute approximate surface area is 112 Å². The highest BCUT2D eigenvalue weighted by atomic mass is 19.1. The van der Waals surface area contributed by atoms with Gasteiger partial charge in [0.1, 0.15) is 23.7 Å². The first kappa shape index (κ1) is 15.4. The second kappa shape index (κ2) is 7.09. The number of likely N-dealkylation sites (N-methyl/N-ethyl adjacent to an activating group) is 1. The van der Waals surface area contributed by atoms with Crippen LogP contribution >= 0.6 is 0 Å². The molecular weight excluding hydrogens is 249 g/mol. The summed E-state index contributed by atoms with van der Waals surface area (Å²) in [4.78, 5) is 11.9. The topological polar surface area (TPSA) is 47.6 Å². The standard InChI is InChI=1S/C14H20FNO3/c1-4-16-14(3,13(17)18-5-2)10-19-12-8-6-7-11(15)9-12/h6-9,16H,4-5,10H2,1-3H3. The molecule has 0 spiro atoms. The average Bonchev–Trinajstić information content (AvgIpc) is 2.37. The molecule has 1 N–H and O–H groups in total. The molecule has 0 heterocycles. The predicted molar refractivity (Wildman–Crippen MR) is 70.6 cm³/mol. The van der Waals surface area contributed by atoms with Gasteiger partial charge in [0.25, 0.3) is 0 Å².